The van der Waals surface area contributed by atoms with Crippen LogP contribution in [0, 0.1) is 0 Å². The molecule has 2 heteroatoms. The number of hydrogen-bond donors (Lipinski definition) is 1. The molecule has 1 aliphatic heterocycles. The van der Waals surface area contributed by atoms with Gasteiger partial charge in [-0.15, -0.1) is 0 Å². The molecule has 1 aliphatic rings. The van der Waals surface area contributed by atoms with Crippen LogP contribution in [0.4, 0.5) is 0 Å². The molecule has 1 aromatic rings. The molecular weight excluding hydrogens is 186 g/mol. The minimum Gasteiger partial charge on any atom is -0.392 e. The third kappa shape index (κ3) is 3.33. The van der Waals surface area contributed by atoms with Crippen LogP contribution >= 0.6 is 0 Å². The van der Waals surface area contributed by atoms with Gasteiger partial charge in [-0.1, -0.05) is 30.3 Å². The molecule has 0 aliphatic carbocycles. The summed E-state index contributed by atoms with van der Waals surface area (Å²) in [6.45, 7) is 3.05. The Labute approximate surface area is 91.5 Å². The Balaban J connectivity index is 1.67. The average Bonchev–Trinajstić information content (AvgIpc) is 2.66. The van der Waals surface area contributed by atoms with Crippen molar-refractivity contribution in [2.75, 3.05) is 19.6 Å². The lowest BCUT2D eigenvalue weighted by atomic mass is 10.1. The van der Waals surface area contributed by atoms with E-state index in [9.17, 15) is 5.11 Å². The lowest BCUT2D eigenvalue weighted by molar-refractivity contribution is 0.176. The predicted octanol–water partition coefficient (Wildman–Crippen LogP) is 1.69. The van der Waals surface area contributed by atoms with Gasteiger partial charge in [-0.3, -0.25) is 0 Å². The molecular formula is C13H19NO. The number of benzene rings is 1. The van der Waals surface area contributed by atoms with E-state index in [1.807, 2.05) is 0 Å². The molecule has 1 heterocycles. The number of nitrogens with zero attached hydrogens (tertiary/aromatic N) is 1. The Morgan fingerprint density at radius 1 is 1.27 bits per heavy atom. The molecule has 0 bridgehead atoms. The number of aliphatic hydroxyl groups excluding tert-OH is 1. The Hall–Kier alpha value is -0.860. The molecule has 1 saturated heterocycles. The van der Waals surface area contributed by atoms with Crippen molar-refractivity contribution in [3.8, 4) is 0 Å². The van der Waals surface area contributed by atoms with Crippen molar-refractivity contribution >= 4 is 0 Å². The third-order valence-corrected chi connectivity index (χ3v) is 3.03. The fourth-order valence-electron chi connectivity index (χ4n) is 2.17. The first-order valence-electron chi connectivity index (χ1n) is 5.79. The highest BCUT2D eigenvalue weighted by Crippen LogP contribution is 2.10. The summed E-state index contributed by atoms with van der Waals surface area (Å²) in [4.78, 5) is 2.35. The van der Waals surface area contributed by atoms with Gasteiger partial charge in [0.05, 0.1) is 6.10 Å². The van der Waals surface area contributed by atoms with Gasteiger partial charge in [0, 0.05) is 13.1 Å². The van der Waals surface area contributed by atoms with Crippen LogP contribution in [-0.4, -0.2) is 35.7 Å². The molecule has 1 fully saturated rings. The van der Waals surface area contributed by atoms with Crippen LogP contribution in [-0.2, 0) is 6.42 Å². The topological polar surface area (TPSA) is 23.5 Å². The van der Waals surface area contributed by atoms with Gasteiger partial charge in [-0.2, -0.15) is 0 Å². The smallest absolute Gasteiger partial charge is 0.0679 e. The monoisotopic (exact) mass is 205 g/mol. The van der Waals surface area contributed by atoms with Crippen molar-refractivity contribution in [2.45, 2.75) is 25.4 Å². The zero-order chi connectivity index (χ0) is 10.5. The van der Waals surface area contributed by atoms with E-state index in [-0.39, 0.29) is 6.10 Å². The molecule has 0 unspecified atom stereocenters. The number of likely N-dealkylation sites (tertiary alicyclic amines) is 1. The minimum atomic E-state index is -0.0817. The second kappa shape index (κ2) is 5.29. The third-order valence-electron chi connectivity index (χ3n) is 3.03. The molecule has 1 N–H and O–H groups in total. The Kier molecular flexibility index (Phi) is 3.75. The van der Waals surface area contributed by atoms with Gasteiger partial charge in [0.1, 0.15) is 0 Å². The van der Waals surface area contributed by atoms with Gasteiger partial charge in [0.25, 0.3) is 0 Å². The van der Waals surface area contributed by atoms with E-state index in [4.69, 9.17) is 0 Å². The Morgan fingerprint density at radius 2 is 2.07 bits per heavy atom. The zero-order valence-electron chi connectivity index (χ0n) is 9.10. The number of aliphatic hydroxyl groups is 1. The fraction of sp³-hybridized carbons (Fsp3) is 0.538. The van der Waals surface area contributed by atoms with Crippen LogP contribution in [0.2, 0.25) is 0 Å². The Bertz CT molecular complexity index is 286. The first-order valence-corrected chi connectivity index (χ1v) is 5.79. The summed E-state index contributed by atoms with van der Waals surface area (Å²) < 4.78 is 0. The predicted molar refractivity (Wildman–Crippen MR) is 61.8 cm³/mol. The van der Waals surface area contributed by atoms with Crippen LogP contribution in [0.15, 0.2) is 30.3 Å². The summed E-state index contributed by atoms with van der Waals surface area (Å²) in [5.41, 5.74) is 1.41. The SMILES string of the molecule is O[C@H]1CCN(CCCc2ccccc2)C1. The molecule has 0 saturated carbocycles. The van der Waals surface area contributed by atoms with Crippen LogP contribution in [0.25, 0.3) is 0 Å². The molecule has 2 nitrogen and oxygen atoms in total. The summed E-state index contributed by atoms with van der Waals surface area (Å²) in [7, 11) is 0. The molecule has 15 heavy (non-hydrogen) atoms. The summed E-state index contributed by atoms with van der Waals surface area (Å²) in [5, 5.41) is 9.37. The van der Waals surface area contributed by atoms with E-state index in [1.54, 1.807) is 0 Å². The molecule has 1 atom stereocenters. The number of β-amino-alcohol motifs (C(OH)–C–C–N with tert-alkyl or cyclic N) is 1. The van der Waals surface area contributed by atoms with Crippen LogP contribution in [0.5, 0.6) is 0 Å². The molecule has 0 amide bonds. The highest BCUT2D eigenvalue weighted by molar-refractivity contribution is 5.14. The molecule has 2 rings (SSSR count). The van der Waals surface area contributed by atoms with Gasteiger partial charge >= 0.3 is 0 Å². The second-order valence-corrected chi connectivity index (χ2v) is 4.33. The van der Waals surface area contributed by atoms with E-state index >= 15 is 0 Å². The van der Waals surface area contributed by atoms with Gasteiger partial charge in [0.2, 0.25) is 0 Å². The maximum absolute atomic E-state index is 9.37. The van der Waals surface area contributed by atoms with E-state index in [0.29, 0.717) is 0 Å². The molecule has 1 aromatic carbocycles. The maximum atomic E-state index is 9.37. The minimum absolute atomic E-state index is 0.0817. The van der Waals surface area contributed by atoms with Crippen molar-refractivity contribution < 1.29 is 5.11 Å². The van der Waals surface area contributed by atoms with E-state index in [2.05, 4.69) is 35.2 Å². The molecule has 82 valence electrons. The van der Waals surface area contributed by atoms with Gasteiger partial charge in [0.15, 0.2) is 0 Å². The van der Waals surface area contributed by atoms with E-state index in [1.165, 1.54) is 12.0 Å². The van der Waals surface area contributed by atoms with Crippen LogP contribution in [0.1, 0.15) is 18.4 Å². The van der Waals surface area contributed by atoms with Gasteiger partial charge in [-0.05, 0) is 31.4 Å². The summed E-state index contributed by atoms with van der Waals surface area (Å²) in [5.74, 6) is 0. The normalized spacial score (nSPS) is 22.1. The molecule has 0 spiro atoms. The number of hydrogen-bond acceptors (Lipinski definition) is 2. The first-order chi connectivity index (χ1) is 7.34. The highest BCUT2D eigenvalue weighted by atomic mass is 16.3. The number of rotatable bonds is 4. The van der Waals surface area contributed by atoms with E-state index < -0.39 is 0 Å². The van der Waals surface area contributed by atoms with Crippen LogP contribution in [0.3, 0.4) is 0 Å². The van der Waals surface area contributed by atoms with Crippen LogP contribution < -0.4 is 0 Å². The summed E-state index contributed by atoms with van der Waals surface area (Å²) in [6.07, 6.45) is 3.21. The van der Waals surface area contributed by atoms with Crippen molar-refractivity contribution in [1.82, 2.24) is 4.90 Å². The quantitative estimate of drug-likeness (QED) is 0.808. The Morgan fingerprint density at radius 3 is 2.73 bits per heavy atom. The zero-order valence-corrected chi connectivity index (χ0v) is 9.10. The average molecular weight is 205 g/mol. The maximum Gasteiger partial charge on any atom is 0.0679 e. The fourth-order valence-corrected chi connectivity index (χ4v) is 2.17. The van der Waals surface area contributed by atoms with Gasteiger partial charge < -0.3 is 10.0 Å². The first kappa shape index (κ1) is 10.7. The van der Waals surface area contributed by atoms with Crippen molar-refractivity contribution in [3.63, 3.8) is 0 Å². The number of aryl methyl sites for hydroxylation is 1. The van der Waals surface area contributed by atoms with Crippen molar-refractivity contribution in [3.05, 3.63) is 35.9 Å². The van der Waals surface area contributed by atoms with Crippen molar-refractivity contribution in [1.29, 1.82) is 0 Å². The summed E-state index contributed by atoms with van der Waals surface area (Å²) in [6, 6.07) is 10.6. The lowest BCUT2D eigenvalue weighted by Gasteiger charge is -2.14. The highest BCUT2D eigenvalue weighted by Gasteiger charge is 2.18. The lowest BCUT2D eigenvalue weighted by Crippen LogP contribution is -2.23. The summed E-state index contributed by atoms with van der Waals surface area (Å²) >= 11 is 0. The van der Waals surface area contributed by atoms with Crippen molar-refractivity contribution in [2.24, 2.45) is 0 Å². The standard InChI is InChI=1S/C13H19NO/c15-13-8-10-14(11-13)9-4-7-12-5-2-1-3-6-12/h1-3,5-6,13,15H,4,7-11H2/t13-/m0/s1. The second-order valence-electron chi connectivity index (χ2n) is 4.33. The molecule has 0 aromatic heterocycles. The van der Waals surface area contributed by atoms with Gasteiger partial charge in [-0.25, -0.2) is 0 Å². The largest absolute Gasteiger partial charge is 0.392 e. The van der Waals surface area contributed by atoms with E-state index in [0.717, 1.165) is 32.5 Å². The molecule has 0 radical (unpaired) electrons.